The molecular formula is C22H22F3N3O4. The van der Waals surface area contributed by atoms with Crippen molar-refractivity contribution in [2.45, 2.75) is 45.2 Å². The van der Waals surface area contributed by atoms with Crippen LogP contribution < -0.4 is 10.4 Å². The number of aromatic hydroxyl groups is 1. The number of halogens is 3. The van der Waals surface area contributed by atoms with E-state index < -0.39 is 40.3 Å². The van der Waals surface area contributed by atoms with Crippen molar-refractivity contribution in [2.24, 2.45) is 0 Å². The monoisotopic (exact) mass is 449 g/mol. The third-order valence-corrected chi connectivity index (χ3v) is 6.03. The molecule has 1 saturated heterocycles. The summed E-state index contributed by atoms with van der Waals surface area (Å²) in [5.74, 6) is -6.28. The normalized spacial score (nSPS) is 17.9. The molecule has 1 N–H and O–H groups in total. The number of Topliss-reactive ketones (excluding diaryl/α,β-unsaturated/α-hetero) is 1. The van der Waals surface area contributed by atoms with Crippen LogP contribution in [0.4, 0.5) is 13.2 Å². The highest BCUT2D eigenvalue weighted by Gasteiger charge is 2.40. The Kier molecular flexibility index (Phi) is 5.70. The maximum atomic E-state index is 13.4. The van der Waals surface area contributed by atoms with Crippen molar-refractivity contribution in [1.82, 2.24) is 9.58 Å². The van der Waals surface area contributed by atoms with Gasteiger partial charge in [0.15, 0.2) is 34.7 Å². The topological polar surface area (TPSA) is 82.9 Å². The lowest BCUT2D eigenvalue weighted by molar-refractivity contribution is 0.0534. The summed E-state index contributed by atoms with van der Waals surface area (Å²) in [6.45, 7) is 2.79. The number of hydrogen-bond acceptors (Lipinski definition) is 5. The first-order valence-electron chi connectivity index (χ1n) is 10.5. The van der Waals surface area contributed by atoms with Gasteiger partial charge in [-0.15, -0.1) is 0 Å². The molecule has 0 unspecified atom stereocenters. The first kappa shape index (κ1) is 21.9. The second kappa shape index (κ2) is 8.33. The molecule has 4 rings (SSSR count). The van der Waals surface area contributed by atoms with Crippen LogP contribution in [0.1, 0.15) is 59.0 Å². The fraction of sp³-hybridized carbons (Fsp3) is 0.409. The quantitative estimate of drug-likeness (QED) is 0.561. The van der Waals surface area contributed by atoms with E-state index in [4.69, 9.17) is 0 Å². The van der Waals surface area contributed by atoms with Crippen molar-refractivity contribution in [1.29, 1.82) is 0 Å². The summed E-state index contributed by atoms with van der Waals surface area (Å²) in [4.78, 5) is 40.0. The van der Waals surface area contributed by atoms with Gasteiger partial charge in [0.2, 0.25) is 5.43 Å². The second-order valence-electron chi connectivity index (χ2n) is 7.94. The number of amides is 1. The van der Waals surface area contributed by atoms with Gasteiger partial charge in [-0.3, -0.25) is 24.1 Å². The number of piperidine rings is 1. The number of rotatable bonds is 5. The number of nitrogens with zero attached hydrogens (tertiary/aromatic N) is 3. The number of aromatic nitrogens is 1. The standard InChI is InChI=1S/C22H22F3N3O4/c1-2-26-17-5-3-4-8-27(17)28-11-13(20(30)21(31)19(28)22(26)32)16(29)7-6-12-9-14(23)18(25)15(24)10-12/h9-11,17,31H,2-8H2,1H3/t17-/m0/s1. The van der Waals surface area contributed by atoms with Gasteiger partial charge in [0.25, 0.3) is 5.91 Å². The SMILES string of the molecule is CCN1C(=O)c2c(O)c(=O)c(C(=O)CCc3cc(F)c(F)c(F)c3)cn2N2CCCC[C@@H]12. The van der Waals surface area contributed by atoms with Gasteiger partial charge in [-0.05, 0) is 50.3 Å². The van der Waals surface area contributed by atoms with E-state index in [1.165, 1.54) is 10.9 Å². The number of hydrogen-bond donors (Lipinski definition) is 1. The average Bonchev–Trinajstić information content (AvgIpc) is 2.78. The predicted octanol–water partition coefficient (Wildman–Crippen LogP) is 2.71. The van der Waals surface area contributed by atoms with E-state index in [0.29, 0.717) is 13.1 Å². The van der Waals surface area contributed by atoms with Crippen molar-refractivity contribution >= 4 is 11.7 Å². The minimum Gasteiger partial charge on any atom is -0.502 e. The van der Waals surface area contributed by atoms with Crippen molar-refractivity contribution < 1.29 is 27.9 Å². The lowest BCUT2D eigenvalue weighted by atomic mass is 10.0. The highest BCUT2D eigenvalue weighted by molar-refractivity contribution is 6.00. The van der Waals surface area contributed by atoms with E-state index in [1.54, 1.807) is 4.90 Å². The van der Waals surface area contributed by atoms with Crippen molar-refractivity contribution in [3.05, 3.63) is 62.8 Å². The summed E-state index contributed by atoms with van der Waals surface area (Å²) >= 11 is 0. The molecule has 0 aliphatic carbocycles. The number of carbonyl (C=O) groups is 2. The minimum absolute atomic E-state index is 0.0573. The van der Waals surface area contributed by atoms with Gasteiger partial charge in [0.05, 0.1) is 5.56 Å². The summed E-state index contributed by atoms with van der Waals surface area (Å²) in [7, 11) is 0. The summed E-state index contributed by atoms with van der Waals surface area (Å²) in [5.41, 5.74) is -1.43. The molecule has 2 aliphatic rings. The Balaban J connectivity index is 1.68. The van der Waals surface area contributed by atoms with Crippen molar-refractivity contribution in [3.8, 4) is 5.75 Å². The molecule has 1 fully saturated rings. The van der Waals surface area contributed by atoms with Gasteiger partial charge in [-0.25, -0.2) is 13.2 Å². The first-order valence-corrected chi connectivity index (χ1v) is 10.5. The Morgan fingerprint density at radius 2 is 1.84 bits per heavy atom. The molecule has 3 heterocycles. The number of benzene rings is 1. The molecule has 0 bridgehead atoms. The molecule has 7 nitrogen and oxygen atoms in total. The molecule has 2 aromatic rings. The Hall–Kier alpha value is -3.30. The molecular weight excluding hydrogens is 427 g/mol. The lowest BCUT2D eigenvalue weighted by Crippen LogP contribution is -2.63. The maximum Gasteiger partial charge on any atom is 0.278 e. The summed E-state index contributed by atoms with van der Waals surface area (Å²) in [5, 5.41) is 12.4. The molecule has 170 valence electrons. The molecule has 0 saturated carbocycles. The maximum absolute atomic E-state index is 13.4. The Bertz CT molecular complexity index is 1140. The molecule has 1 aromatic heterocycles. The second-order valence-corrected chi connectivity index (χ2v) is 7.94. The Labute approximate surface area is 181 Å². The molecule has 2 aliphatic heterocycles. The van der Waals surface area contributed by atoms with Crippen LogP contribution in [0.15, 0.2) is 23.1 Å². The zero-order chi connectivity index (χ0) is 23.2. The molecule has 10 heteroatoms. The van der Waals surface area contributed by atoms with E-state index in [0.717, 1.165) is 31.4 Å². The van der Waals surface area contributed by atoms with Crippen LogP contribution in [0.25, 0.3) is 0 Å². The smallest absolute Gasteiger partial charge is 0.278 e. The number of carbonyl (C=O) groups excluding carboxylic acids is 2. The van der Waals surface area contributed by atoms with Crippen LogP contribution in [0.2, 0.25) is 0 Å². The van der Waals surface area contributed by atoms with E-state index in [2.05, 4.69) is 0 Å². The fourth-order valence-electron chi connectivity index (χ4n) is 4.43. The third kappa shape index (κ3) is 3.53. The average molecular weight is 449 g/mol. The van der Waals surface area contributed by atoms with Gasteiger partial charge in [-0.1, -0.05) is 0 Å². The Morgan fingerprint density at radius 3 is 2.50 bits per heavy atom. The van der Waals surface area contributed by atoms with Gasteiger partial charge in [0, 0.05) is 25.7 Å². The molecule has 1 atom stereocenters. The number of pyridine rings is 1. The van der Waals surface area contributed by atoms with Crippen LogP contribution >= 0.6 is 0 Å². The van der Waals surface area contributed by atoms with E-state index in [9.17, 15) is 32.7 Å². The molecule has 1 amide bonds. The van der Waals surface area contributed by atoms with Crippen LogP contribution in [-0.2, 0) is 6.42 Å². The number of ketones is 1. The van der Waals surface area contributed by atoms with Crippen LogP contribution in [0.3, 0.4) is 0 Å². The lowest BCUT2D eigenvalue weighted by Gasteiger charge is -2.48. The van der Waals surface area contributed by atoms with Crippen molar-refractivity contribution in [3.63, 3.8) is 0 Å². The van der Waals surface area contributed by atoms with E-state index in [1.807, 2.05) is 11.9 Å². The highest BCUT2D eigenvalue weighted by Crippen LogP contribution is 2.29. The largest absolute Gasteiger partial charge is 0.502 e. The zero-order valence-electron chi connectivity index (χ0n) is 17.4. The van der Waals surface area contributed by atoms with Gasteiger partial charge in [0.1, 0.15) is 6.17 Å². The van der Waals surface area contributed by atoms with Crippen LogP contribution in [0, 0.1) is 17.5 Å². The molecule has 0 spiro atoms. The van der Waals surface area contributed by atoms with Crippen molar-refractivity contribution in [2.75, 3.05) is 18.1 Å². The predicted molar refractivity (Wildman–Crippen MR) is 109 cm³/mol. The summed E-state index contributed by atoms with van der Waals surface area (Å²) in [6.07, 6.45) is 3.07. The molecule has 32 heavy (non-hydrogen) atoms. The number of fused-ring (bicyclic) bond motifs is 3. The first-order chi connectivity index (χ1) is 15.2. The Morgan fingerprint density at radius 1 is 1.16 bits per heavy atom. The van der Waals surface area contributed by atoms with Crippen LogP contribution in [-0.4, -0.2) is 45.6 Å². The fourth-order valence-corrected chi connectivity index (χ4v) is 4.43. The molecule has 1 aromatic carbocycles. The summed E-state index contributed by atoms with van der Waals surface area (Å²) < 4.78 is 41.4. The van der Waals surface area contributed by atoms with Gasteiger partial charge in [-0.2, -0.15) is 0 Å². The highest BCUT2D eigenvalue weighted by atomic mass is 19.2. The van der Waals surface area contributed by atoms with Crippen LogP contribution in [0.5, 0.6) is 5.75 Å². The zero-order valence-corrected chi connectivity index (χ0v) is 17.4. The van der Waals surface area contributed by atoms with Gasteiger partial charge < -0.3 is 10.0 Å². The van der Waals surface area contributed by atoms with E-state index in [-0.39, 0.29) is 35.8 Å². The third-order valence-electron chi connectivity index (χ3n) is 6.03. The van der Waals surface area contributed by atoms with E-state index >= 15 is 0 Å². The number of aryl methyl sites for hydroxylation is 1. The summed E-state index contributed by atoms with van der Waals surface area (Å²) in [6, 6.07) is 1.58. The molecule has 0 radical (unpaired) electrons. The minimum atomic E-state index is -1.60. The van der Waals surface area contributed by atoms with Gasteiger partial charge >= 0.3 is 0 Å².